The van der Waals surface area contributed by atoms with Gasteiger partial charge in [-0.1, -0.05) is 93.2 Å². The molecular formula is C30H52. The summed E-state index contributed by atoms with van der Waals surface area (Å²) in [6.45, 7) is 22.2. The summed E-state index contributed by atoms with van der Waals surface area (Å²) >= 11 is 0. The van der Waals surface area contributed by atoms with Gasteiger partial charge >= 0.3 is 0 Å². The summed E-state index contributed by atoms with van der Waals surface area (Å²) in [5, 5.41) is 0. The molecule has 0 N–H and O–H groups in total. The molecule has 0 heterocycles. The van der Waals surface area contributed by atoms with E-state index < -0.39 is 0 Å². The Kier molecular flexibility index (Phi) is 16.6. The van der Waals surface area contributed by atoms with Crippen LogP contribution in [0.2, 0.25) is 0 Å². The molecular weight excluding hydrogens is 360 g/mol. The summed E-state index contributed by atoms with van der Waals surface area (Å²) in [4.78, 5) is 0. The summed E-state index contributed by atoms with van der Waals surface area (Å²) < 4.78 is 0. The van der Waals surface area contributed by atoms with Crippen LogP contribution in [0.4, 0.5) is 0 Å². The molecule has 0 radical (unpaired) electrons. The molecule has 0 aliphatic carbocycles. The molecule has 0 spiro atoms. The van der Waals surface area contributed by atoms with Crippen LogP contribution in [0.1, 0.15) is 113 Å². The number of hydrogen-bond acceptors (Lipinski definition) is 0. The van der Waals surface area contributed by atoms with E-state index in [1.54, 1.807) is 5.57 Å². The lowest BCUT2D eigenvalue weighted by Crippen LogP contribution is -2.02. The quantitative estimate of drug-likeness (QED) is 0.221. The monoisotopic (exact) mass is 412 g/mol. The fourth-order valence-electron chi connectivity index (χ4n) is 3.57. The Morgan fingerprint density at radius 3 is 1.93 bits per heavy atom. The molecule has 0 nitrogen and oxygen atoms in total. The zero-order chi connectivity index (χ0) is 22.9. The minimum atomic E-state index is 0.562. The van der Waals surface area contributed by atoms with Gasteiger partial charge in [0.2, 0.25) is 0 Å². The molecule has 0 rings (SSSR count). The third kappa shape index (κ3) is 16.5. The predicted molar refractivity (Wildman–Crippen MR) is 140 cm³/mol. The van der Waals surface area contributed by atoms with Gasteiger partial charge < -0.3 is 0 Å². The second kappa shape index (κ2) is 17.4. The normalized spacial score (nSPS) is 15.3. The van der Waals surface area contributed by atoms with Crippen molar-refractivity contribution in [1.29, 1.82) is 0 Å². The van der Waals surface area contributed by atoms with Crippen LogP contribution in [0.3, 0.4) is 0 Å². The molecule has 172 valence electrons. The number of rotatable bonds is 16. The van der Waals surface area contributed by atoms with E-state index in [9.17, 15) is 0 Å². The second-order valence-corrected chi connectivity index (χ2v) is 10.1. The van der Waals surface area contributed by atoms with Crippen molar-refractivity contribution in [3.05, 3.63) is 59.3 Å². The average molecular weight is 413 g/mol. The highest BCUT2D eigenvalue weighted by Gasteiger charge is 2.09. The Morgan fingerprint density at radius 2 is 1.37 bits per heavy atom. The molecule has 0 bridgehead atoms. The van der Waals surface area contributed by atoms with Crippen molar-refractivity contribution in [3.8, 4) is 0 Å². The molecule has 0 aromatic rings. The molecule has 0 aromatic heterocycles. The van der Waals surface area contributed by atoms with E-state index in [0.717, 1.165) is 18.8 Å². The predicted octanol–water partition coefficient (Wildman–Crippen LogP) is 10.4. The van der Waals surface area contributed by atoms with Gasteiger partial charge in [-0.05, 0) is 90.4 Å². The fraction of sp³-hybridized carbons (Fsp3) is 0.667. The van der Waals surface area contributed by atoms with Crippen LogP contribution in [0.25, 0.3) is 0 Å². The van der Waals surface area contributed by atoms with Crippen LogP contribution in [0, 0.1) is 17.8 Å². The van der Waals surface area contributed by atoms with Crippen molar-refractivity contribution in [3.63, 3.8) is 0 Å². The van der Waals surface area contributed by atoms with Crippen LogP contribution in [-0.4, -0.2) is 0 Å². The summed E-state index contributed by atoms with van der Waals surface area (Å²) in [6.07, 6.45) is 22.8. The van der Waals surface area contributed by atoms with Crippen LogP contribution >= 0.6 is 0 Å². The van der Waals surface area contributed by atoms with Crippen LogP contribution in [0.5, 0.6) is 0 Å². The minimum Gasteiger partial charge on any atom is -0.103 e. The Balaban J connectivity index is 4.74. The Morgan fingerprint density at radius 1 is 0.767 bits per heavy atom. The van der Waals surface area contributed by atoms with Crippen molar-refractivity contribution in [1.82, 2.24) is 0 Å². The van der Waals surface area contributed by atoms with Gasteiger partial charge in [-0.2, -0.15) is 0 Å². The van der Waals surface area contributed by atoms with E-state index in [-0.39, 0.29) is 0 Å². The molecule has 0 amide bonds. The Hall–Kier alpha value is -1.30. The lowest BCUT2D eigenvalue weighted by Gasteiger charge is -2.17. The van der Waals surface area contributed by atoms with Gasteiger partial charge in [0.15, 0.2) is 0 Å². The lowest BCUT2D eigenvalue weighted by atomic mass is 9.89. The first-order valence-electron chi connectivity index (χ1n) is 12.4. The van der Waals surface area contributed by atoms with Crippen molar-refractivity contribution >= 4 is 0 Å². The van der Waals surface area contributed by atoms with E-state index in [1.807, 2.05) is 0 Å². The van der Waals surface area contributed by atoms with Gasteiger partial charge in [0.1, 0.15) is 0 Å². The third-order valence-corrected chi connectivity index (χ3v) is 6.01. The maximum Gasteiger partial charge on any atom is -0.0134 e. The molecule has 0 saturated heterocycles. The maximum absolute atomic E-state index is 3.95. The smallest absolute Gasteiger partial charge is 0.0134 e. The molecule has 0 aromatic carbocycles. The zero-order valence-electron chi connectivity index (χ0n) is 21.7. The first-order chi connectivity index (χ1) is 14.1. The van der Waals surface area contributed by atoms with Crippen LogP contribution in [0.15, 0.2) is 59.3 Å². The van der Waals surface area contributed by atoms with E-state index in [1.165, 1.54) is 61.7 Å². The molecule has 0 aliphatic heterocycles. The molecule has 30 heavy (non-hydrogen) atoms. The Bertz CT molecular complexity index is 575. The zero-order valence-corrected chi connectivity index (χ0v) is 21.7. The van der Waals surface area contributed by atoms with Crippen LogP contribution < -0.4 is 0 Å². The van der Waals surface area contributed by atoms with Gasteiger partial charge in [0, 0.05) is 0 Å². The second-order valence-electron chi connectivity index (χ2n) is 10.1. The standard InChI is InChI=1S/C30H52/c1-10-26(6)20-22-30(29(9)19-12-15-25(4)5)23-21-28(8)18-13-17-27(7)16-11-14-24(2)3/h10,14,17,21-22,25-26,29H,1,11-13,15-16,18-20,23H2,2-9H3/b27-17+,28-21-,30-22+. The van der Waals surface area contributed by atoms with E-state index in [2.05, 4.69) is 92.3 Å². The first kappa shape index (κ1) is 28.7. The van der Waals surface area contributed by atoms with Gasteiger partial charge in [0.25, 0.3) is 0 Å². The Labute approximate surface area is 190 Å². The lowest BCUT2D eigenvalue weighted by molar-refractivity contribution is 0.487. The maximum atomic E-state index is 3.95. The first-order valence-corrected chi connectivity index (χ1v) is 12.4. The highest BCUT2D eigenvalue weighted by molar-refractivity contribution is 5.15. The highest BCUT2D eigenvalue weighted by Crippen LogP contribution is 2.25. The summed E-state index contributed by atoms with van der Waals surface area (Å²) in [7, 11) is 0. The van der Waals surface area contributed by atoms with Gasteiger partial charge in [0.05, 0.1) is 0 Å². The highest BCUT2D eigenvalue weighted by atomic mass is 14.1. The average Bonchev–Trinajstić information content (AvgIpc) is 2.66. The molecule has 2 unspecified atom stereocenters. The third-order valence-electron chi connectivity index (χ3n) is 6.01. The minimum absolute atomic E-state index is 0.562. The van der Waals surface area contributed by atoms with Gasteiger partial charge in [-0.25, -0.2) is 0 Å². The molecule has 2 atom stereocenters. The molecule has 0 aliphatic rings. The summed E-state index contributed by atoms with van der Waals surface area (Å²) in [6, 6.07) is 0. The number of allylic oxidation sites excluding steroid dienone is 9. The topological polar surface area (TPSA) is 0 Å². The summed E-state index contributed by atoms with van der Waals surface area (Å²) in [5.74, 6) is 2.06. The van der Waals surface area contributed by atoms with E-state index in [0.29, 0.717) is 11.8 Å². The molecule has 0 saturated carbocycles. The molecule has 0 fully saturated rings. The summed E-state index contributed by atoms with van der Waals surface area (Å²) in [5.41, 5.74) is 6.10. The van der Waals surface area contributed by atoms with Gasteiger partial charge in [-0.3, -0.25) is 0 Å². The molecule has 0 heteroatoms. The van der Waals surface area contributed by atoms with E-state index in [4.69, 9.17) is 0 Å². The van der Waals surface area contributed by atoms with Crippen molar-refractivity contribution in [2.24, 2.45) is 17.8 Å². The van der Waals surface area contributed by atoms with E-state index >= 15 is 0 Å². The largest absolute Gasteiger partial charge is 0.103 e. The SMILES string of the molecule is C=CC(C)C/C=C(\C/C=C(/C)CC/C=C(\C)CCC=C(C)C)C(C)CCCC(C)C. The fourth-order valence-corrected chi connectivity index (χ4v) is 3.57. The van der Waals surface area contributed by atoms with Crippen LogP contribution in [-0.2, 0) is 0 Å². The van der Waals surface area contributed by atoms with Crippen molar-refractivity contribution in [2.75, 3.05) is 0 Å². The van der Waals surface area contributed by atoms with Crippen molar-refractivity contribution in [2.45, 2.75) is 113 Å². The number of hydrogen-bond donors (Lipinski definition) is 0. The van der Waals surface area contributed by atoms with Crippen molar-refractivity contribution < 1.29 is 0 Å². The van der Waals surface area contributed by atoms with Gasteiger partial charge in [-0.15, -0.1) is 6.58 Å².